The number of nitrogens with zero attached hydrogens (tertiary/aromatic N) is 1. The Bertz CT molecular complexity index is 944. The number of carbonyl (C=O) groups excluding carboxylic acids is 1. The summed E-state index contributed by atoms with van der Waals surface area (Å²) in [5.41, 5.74) is 3.36. The average molecular weight is 467 g/mol. The van der Waals surface area contributed by atoms with E-state index in [2.05, 4.69) is 30.3 Å². The summed E-state index contributed by atoms with van der Waals surface area (Å²) in [5, 5.41) is 12.1. The van der Waals surface area contributed by atoms with Gasteiger partial charge in [-0.2, -0.15) is 0 Å². The van der Waals surface area contributed by atoms with Gasteiger partial charge in [-0.1, -0.05) is 62.1 Å². The minimum absolute atomic E-state index is 0.00355. The van der Waals surface area contributed by atoms with Gasteiger partial charge in [0.15, 0.2) is 6.29 Å². The quantitative estimate of drug-likeness (QED) is 0.489. The molecule has 0 aliphatic carbocycles. The number of benzene rings is 2. The second-order valence-corrected chi connectivity index (χ2v) is 8.47. The van der Waals surface area contributed by atoms with Gasteiger partial charge in [0.1, 0.15) is 6.61 Å². The number of aliphatic hydroxyl groups excluding tert-OH is 1. The highest BCUT2D eigenvalue weighted by Gasteiger charge is 2.38. The van der Waals surface area contributed by atoms with Crippen LogP contribution in [0.5, 0.6) is 0 Å². The lowest BCUT2D eigenvalue weighted by atomic mass is 9.90. The molecule has 1 amide bonds. The maximum Gasteiger partial charge on any atom is 0.411 e. The molecule has 2 aromatic rings. The zero-order valence-electron chi connectivity index (χ0n) is 19.9. The Hall–Kier alpha value is -2.97. The summed E-state index contributed by atoms with van der Waals surface area (Å²) < 4.78 is 17.8. The molecule has 4 unspecified atom stereocenters. The maximum atomic E-state index is 11.8. The van der Waals surface area contributed by atoms with Gasteiger partial charge in [-0.15, -0.1) is 6.58 Å². The lowest BCUT2D eigenvalue weighted by molar-refractivity contribution is -0.275. The Morgan fingerprint density at radius 3 is 2.38 bits per heavy atom. The van der Waals surface area contributed by atoms with Crippen LogP contribution >= 0.6 is 0 Å². The normalized spacial score (nSPS) is 22.2. The highest BCUT2D eigenvalue weighted by molar-refractivity contribution is 5.84. The molecule has 3 rings (SSSR count). The molecule has 0 radical (unpaired) electrons. The SMILES string of the molecule is C=CCOC(=O)Nc1ccc(C2OC(CN(C)CC=C)C(C)C(c3ccc(CO)cc3)O2)cc1. The second-order valence-electron chi connectivity index (χ2n) is 8.47. The van der Waals surface area contributed by atoms with E-state index in [9.17, 15) is 9.90 Å². The molecule has 34 heavy (non-hydrogen) atoms. The van der Waals surface area contributed by atoms with Crippen LogP contribution in [0.3, 0.4) is 0 Å². The Labute approximate surface area is 201 Å². The molecule has 1 heterocycles. The summed E-state index contributed by atoms with van der Waals surface area (Å²) in [6.07, 6.45) is 2.03. The van der Waals surface area contributed by atoms with E-state index >= 15 is 0 Å². The van der Waals surface area contributed by atoms with Crippen LogP contribution in [0.1, 0.15) is 36.0 Å². The smallest absolute Gasteiger partial charge is 0.411 e. The van der Waals surface area contributed by atoms with Crippen molar-refractivity contribution in [2.75, 3.05) is 32.1 Å². The first-order valence-corrected chi connectivity index (χ1v) is 11.4. The minimum Gasteiger partial charge on any atom is -0.445 e. The number of hydrogen-bond acceptors (Lipinski definition) is 6. The summed E-state index contributed by atoms with van der Waals surface area (Å²) in [5.74, 6) is 0.101. The van der Waals surface area contributed by atoms with Crippen molar-refractivity contribution in [3.8, 4) is 0 Å². The van der Waals surface area contributed by atoms with Gasteiger partial charge in [0, 0.05) is 30.3 Å². The van der Waals surface area contributed by atoms with Crippen LogP contribution < -0.4 is 5.32 Å². The highest BCUT2D eigenvalue weighted by atomic mass is 16.7. The van der Waals surface area contributed by atoms with Gasteiger partial charge < -0.3 is 24.2 Å². The largest absolute Gasteiger partial charge is 0.445 e. The molecule has 0 saturated carbocycles. The third kappa shape index (κ3) is 6.77. The van der Waals surface area contributed by atoms with Crippen LogP contribution in [0.2, 0.25) is 0 Å². The standard InChI is InChI=1S/C27H34N2O5/c1-5-15-29(4)17-24-19(3)25(21-9-7-20(18-30)8-10-21)34-26(33-24)22-11-13-23(14-12-22)28-27(31)32-16-6-2/h5-14,19,24-26,30H,1-2,15-18H2,3-4H3,(H,28,31). The van der Waals surface area contributed by atoms with E-state index in [0.717, 1.165) is 29.8 Å². The number of nitrogens with one attached hydrogen (secondary N) is 1. The van der Waals surface area contributed by atoms with Crippen molar-refractivity contribution in [3.63, 3.8) is 0 Å². The van der Waals surface area contributed by atoms with Gasteiger partial charge in [-0.25, -0.2) is 4.79 Å². The molecule has 0 spiro atoms. The van der Waals surface area contributed by atoms with Gasteiger partial charge in [0.2, 0.25) is 0 Å². The molecule has 1 aliphatic rings. The van der Waals surface area contributed by atoms with Gasteiger partial charge >= 0.3 is 6.09 Å². The molecule has 1 saturated heterocycles. The highest BCUT2D eigenvalue weighted by Crippen LogP contribution is 2.41. The van der Waals surface area contributed by atoms with Crippen molar-refractivity contribution in [3.05, 3.63) is 90.5 Å². The lowest BCUT2D eigenvalue weighted by Gasteiger charge is -2.42. The van der Waals surface area contributed by atoms with Crippen LogP contribution in [0.15, 0.2) is 73.8 Å². The van der Waals surface area contributed by atoms with Crippen LogP contribution in [-0.2, 0) is 20.8 Å². The van der Waals surface area contributed by atoms with Crippen molar-refractivity contribution in [2.24, 2.45) is 5.92 Å². The van der Waals surface area contributed by atoms with Crippen molar-refractivity contribution in [1.82, 2.24) is 4.90 Å². The summed E-state index contributed by atoms with van der Waals surface area (Å²) in [4.78, 5) is 14.0. The Balaban J connectivity index is 1.79. The van der Waals surface area contributed by atoms with Crippen molar-refractivity contribution in [2.45, 2.75) is 32.0 Å². The number of likely N-dealkylation sites (N-methyl/N-ethyl adjacent to an activating group) is 1. The summed E-state index contributed by atoms with van der Waals surface area (Å²) in [6, 6.07) is 15.2. The Morgan fingerprint density at radius 2 is 1.76 bits per heavy atom. The van der Waals surface area contributed by atoms with E-state index in [1.54, 1.807) is 12.1 Å². The monoisotopic (exact) mass is 466 g/mol. The van der Waals surface area contributed by atoms with E-state index in [1.807, 2.05) is 49.5 Å². The molecule has 1 fully saturated rings. The molecule has 0 aromatic heterocycles. The molecule has 2 N–H and O–H groups in total. The minimum atomic E-state index is -0.567. The van der Waals surface area contributed by atoms with Crippen molar-refractivity contribution >= 4 is 11.8 Å². The summed E-state index contributed by atoms with van der Waals surface area (Å²) >= 11 is 0. The second kappa shape index (κ2) is 12.5. The molecule has 0 bridgehead atoms. The number of hydrogen-bond donors (Lipinski definition) is 2. The van der Waals surface area contributed by atoms with E-state index in [0.29, 0.717) is 5.69 Å². The summed E-state index contributed by atoms with van der Waals surface area (Å²) in [7, 11) is 2.04. The third-order valence-electron chi connectivity index (χ3n) is 5.82. The van der Waals surface area contributed by atoms with Gasteiger partial charge in [0.25, 0.3) is 0 Å². The fourth-order valence-electron chi connectivity index (χ4n) is 3.94. The fraction of sp³-hybridized carbons (Fsp3) is 0.370. The number of ether oxygens (including phenoxy) is 3. The van der Waals surface area contributed by atoms with E-state index in [-0.39, 0.29) is 31.3 Å². The number of aliphatic hydroxyl groups is 1. The van der Waals surface area contributed by atoms with Crippen LogP contribution in [0.25, 0.3) is 0 Å². The molecule has 182 valence electrons. The maximum absolute atomic E-state index is 11.8. The topological polar surface area (TPSA) is 80.3 Å². The Kier molecular flexibility index (Phi) is 9.42. The lowest BCUT2D eigenvalue weighted by Crippen LogP contribution is -2.43. The predicted molar refractivity (Wildman–Crippen MR) is 132 cm³/mol. The first-order valence-electron chi connectivity index (χ1n) is 11.4. The van der Waals surface area contributed by atoms with Gasteiger partial charge in [-0.05, 0) is 30.3 Å². The van der Waals surface area contributed by atoms with Gasteiger partial charge in [0.05, 0.1) is 18.8 Å². The molecular formula is C27H34N2O5. The van der Waals surface area contributed by atoms with E-state index in [4.69, 9.17) is 14.2 Å². The number of carbonyl (C=O) groups is 1. The van der Waals surface area contributed by atoms with Crippen molar-refractivity contribution < 1.29 is 24.1 Å². The van der Waals surface area contributed by atoms with Crippen LogP contribution in [-0.4, -0.2) is 48.9 Å². The average Bonchev–Trinajstić information content (AvgIpc) is 2.85. The van der Waals surface area contributed by atoms with Crippen molar-refractivity contribution in [1.29, 1.82) is 0 Å². The van der Waals surface area contributed by atoms with E-state index in [1.165, 1.54) is 6.08 Å². The molecule has 7 heteroatoms. The zero-order chi connectivity index (χ0) is 24.5. The zero-order valence-corrected chi connectivity index (χ0v) is 19.9. The molecule has 2 aromatic carbocycles. The first kappa shape index (κ1) is 25.6. The Morgan fingerprint density at radius 1 is 1.09 bits per heavy atom. The molecule has 7 nitrogen and oxygen atoms in total. The number of anilines is 1. The van der Waals surface area contributed by atoms with Gasteiger partial charge in [-0.3, -0.25) is 5.32 Å². The third-order valence-corrected chi connectivity index (χ3v) is 5.82. The number of rotatable bonds is 10. The predicted octanol–water partition coefficient (Wildman–Crippen LogP) is 4.82. The molecule has 4 atom stereocenters. The van der Waals surface area contributed by atoms with Crippen LogP contribution in [0.4, 0.5) is 10.5 Å². The summed E-state index contributed by atoms with van der Waals surface area (Å²) in [6.45, 7) is 11.1. The number of amides is 1. The van der Waals surface area contributed by atoms with E-state index < -0.39 is 12.4 Å². The van der Waals surface area contributed by atoms with Crippen LogP contribution in [0, 0.1) is 5.92 Å². The first-order chi connectivity index (χ1) is 16.4. The molecule has 1 aliphatic heterocycles. The fourth-order valence-corrected chi connectivity index (χ4v) is 3.94. The molecular weight excluding hydrogens is 432 g/mol.